The molecule has 2 heterocycles. The Morgan fingerprint density at radius 1 is 1.03 bits per heavy atom. The van der Waals surface area contributed by atoms with Gasteiger partial charge in [-0.3, -0.25) is 4.79 Å². The van der Waals surface area contributed by atoms with E-state index in [-0.39, 0.29) is 30.0 Å². The van der Waals surface area contributed by atoms with Crippen LogP contribution in [0.1, 0.15) is 12.6 Å². The molecule has 1 amide bonds. The lowest BCUT2D eigenvalue weighted by molar-refractivity contribution is -0.139. The molecule has 0 unspecified atom stereocenters. The first kappa shape index (κ1) is 18.9. The van der Waals surface area contributed by atoms with Gasteiger partial charge < -0.3 is 9.88 Å². The number of para-hydroxylation sites is 1. The van der Waals surface area contributed by atoms with Gasteiger partial charge in [0.05, 0.1) is 11.0 Å². The fourth-order valence-corrected chi connectivity index (χ4v) is 3.40. The Morgan fingerprint density at radius 3 is 2.41 bits per heavy atom. The molecule has 1 N–H and O–H groups in total. The lowest BCUT2D eigenvalue weighted by Gasteiger charge is -2.12. The second-order valence-electron chi connectivity index (χ2n) is 6.61. The van der Waals surface area contributed by atoms with E-state index in [0.29, 0.717) is 22.3 Å². The predicted molar refractivity (Wildman–Crippen MR) is 104 cm³/mol. The number of amides is 1. The molecule has 8 heteroatoms. The maximum absolute atomic E-state index is 13.8. The molecular formula is C21H17F3N4O. The highest BCUT2D eigenvalue weighted by molar-refractivity contribution is 6.04. The van der Waals surface area contributed by atoms with Crippen molar-refractivity contribution in [2.75, 3.05) is 6.54 Å². The molecule has 0 radical (unpaired) electrons. The van der Waals surface area contributed by atoms with Crippen LogP contribution in [0.4, 0.5) is 13.2 Å². The van der Waals surface area contributed by atoms with Crippen LogP contribution in [0.3, 0.4) is 0 Å². The summed E-state index contributed by atoms with van der Waals surface area (Å²) in [6.45, 7) is 1.93. The van der Waals surface area contributed by atoms with E-state index in [1.54, 1.807) is 53.1 Å². The number of hydrogen-bond donors (Lipinski definition) is 1. The molecule has 4 rings (SSSR count). The van der Waals surface area contributed by atoms with Crippen LogP contribution in [0.25, 0.3) is 33.3 Å². The Morgan fingerprint density at radius 2 is 1.72 bits per heavy atom. The van der Waals surface area contributed by atoms with Crippen LogP contribution in [0.15, 0.2) is 54.6 Å². The van der Waals surface area contributed by atoms with Crippen molar-refractivity contribution in [2.24, 2.45) is 0 Å². The zero-order valence-corrected chi connectivity index (χ0v) is 15.5. The highest BCUT2D eigenvalue weighted by atomic mass is 19.4. The van der Waals surface area contributed by atoms with Crippen LogP contribution in [-0.2, 0) is 17.5 Å². The Hall–Kier alpha value is -3.42. The maximum atomic E-state index is 13.8. The number of rotatable bonds is 4. The van der Waals surface area contributed by atoms with Crippen LogP contribution in [0.2, 0.25) is 0 Å². The van der Waals surface area contributed by atoms with Crippen molar-refractivity contribution >= 4 is 27.8 Å². The smallest absolute Gasteiger partial charge is 0.355 e. The van der Waals surface area contributed by atoms with Crippen LogP contribution >= 0.6 is 0 Å². The molecule has 0 aliphatic rings. The lowest BCUT2D eigenvalue weighted by Crippen LogP contribution is -2.24. The van der Waals surface area contributed by atoms with Crippen LogP contribution < -0.4 is 5.32 Å². The molecule has 2 aromatic heterocycles. The Kier molecular flexibility index (Phi) is 4.70. The van der Waals surface area contributed by atoms with Crippen LogP contribution in [-0.4, -0.2) is 27.0 Å². The number of benzene rings is 2. The molecular weight excluding hydrogens is 381 g/mol. The van der Waals surface area contributed by atoms with Crippen LogP contribution in [0.5, 0.6) is 0 Å². The van der Waals surface area contributed by atoms with Crippen molar-refractivity contribution in [1.82, 2.24) is 19.9 Å². The normalized spacial score (nSPS) is 11.9. The first-order valence-corrected chi connectivity index (χ1v) is 9.02. The third kappa shape index (κ3) is 3.53. The van der Waals surface area contributed by atoms with Gasteiger partial charge in [0.1, 0.15) is 11.3 Å². The van der Waals surface area contributed by atoms with E-state index in [9.17, 15) is 18.0 Å². The third-order valence-corrected chi connectivity index (χ3v) is 4.59. The number of nitrogens with one attached hydrogen (secondary N) is 1. The van der Waals surface area contributed by atoms with E-state index in [0.717, 1.165) is 0 Å². The van der Waals surface area contributed by atoms with Crippen molar-refractivity contribution in [2.45, 2.75) is 19.6 Å². The molecule has 0 atom stereocenters. The molecule has 0 spiro atoms. The van der Waals surface area contributed by atoms with Gasteiger partial charge in [0, 0.05) is 31.0 Å². The summed E-state index contributed by atoms with van der Waals surface area (Å²) in [6, 6.07) is 15.7. The largest absolute Gasteiger partial charge is 0.435 e. The maximum Gasteiger partial charge on any atom is 0.435 e. The van der Waals surface area contributed by atoms with Gasteiger partial charge in [-0.25, -0.2) is 9.97 Å². The van der Waals surface area contributed by atoms with Crippen molar-refractivity contribution in [1.29, 1.82) is 0 Å². The van der Waals surface area contributed by atoms with Crippen LogP contribution in [0, 0.1) is 0 Å². The summed E-state index contributed by atoms with van der Waals surface area (Å²) in [5.74, 6) is 0.188. The second kappa shape index (κ2) is 7.20. The predicted octanol–water partition coefficient (Wildman–Crippen LogP) is 4.41. The standard InChI is InChI=1S/C21H17F3N4O/c1-13(29)25-11-12-28-18-15-9-5-6-10-16(15)26-19(21(22,23)24)17(18)27-20(28)14-7-3-2-4-8-14/h2-10H,11-12H2,1H3,(H,25,29). The zero-order valence-electron chi connectivity index (χ0n) is 15.5. The Labute approximate surface area is 164 Å². The molecule has 0 aliphatic carbocycles. The molecule has 0 saturated carbocycles. The summed E-state index contributed by atoms with van der Waals surface area (Å²) in [5, 5.41) is 3.27. The fraction of sp³-hybridized carbons (Fsp3) is 0.190. The number of carbonyl (C=O) groups excluding carboxylic acids is 1. The van der Waals surface area contributed by atoms with Gasteiger partial charge in [-0.1, -0.05) is 48.5 Å². The molecule has 0 fully saturated rings. The van der Waals surface area contributed by atoms with Crippen molar-refractivity contribution in [3.63, 3.8) is 0 Å². The number of nitrogens with zero attached hydrogens (tertiary/aromatic N) is 3. The molecule has 2 aromatic carbocycles. The van der Waals surface area contributed by atoms with E-state index >= 15 is 0 Å². The summed E-state index contributed by atoms with van der Waals surface area (Å²) >= 11 is 0. The fourth-order valence-electron chi connectivity index (χ4n) is 3.40. The van der Waals surface area contributed by atoms with Gasteiger partial charge in [-0.05, 0) is 6.07 Å². The first-order chi connectivity index (χ1) is 13.9. The summed E-state index contributed by atoms with van der Waals surface area (Å²) in [6.07, 6.45) is -4.65. The minimum atomic E-state index is -4.65. The van der Waals surface area contributed by atoms with Crippen molar-refractivity contribution < 1.29 is 18.0 Å². The van der Waals surface area contributed by atoms with E-state index in [2.05, 4.69) is 15.3 Å². The third-order valence-electron chi connectivity index (χ3n) is 4.59. The molecule has 0 saturated heterocycles. The Bertz CT molecular complexity index is 1200. The van der Waals surface area contributed by atoms with E-state index in [1.165, 1.54) is 6.92 Å². The highest BCUT2D eigenvalue weighted by Crippen LogP contribution is 2.38. The molecule has 5 nitrogen and oxygen atoms in total. The van der Waals surface area contributed by atoms with E-state index in [4.69, 9.17) is 0 Å². The number of hydrogen-bond acceptors (Lipinski definition) is 3. The van der Waals surface area contributed by atoms with Gasteiger partial charge in [-0.2, -0.15) is 13.2 Å². The zero-order chi connectivity index (χ0) is 20.6. The summed E-state index contributed by atoms with van der Waals surface area (Å²) in [4.78, 5) is 19.5. The number of alkyl halides is 3. The SMILES string of the molecule is CC(=O)NCCn1c(-c2ccccc2)nc2c(C(F)(F)F)nc3ccccc3c21. The Balaban J connectivity index is 2.06. The minimum absolute atomic E-state index is 0.196. The minimum Gasteiger partial charge on any atom is -0.355 e. The molecule has 4 aromatic rings. The van der Waals surface area contributed by atoms with Gasteiger partial charge in [-0.15, -0.1) is 0 Å². The van der Waals surface area contributed by atoms with E-state index in [1.807, 2.05) is 6.07 Å². The highest BCUT2D eigenvalue weighted by Gasteiger charge is 2.37. The number of imidazole rings is 1. The number of aromatic nitrogens is 3. The monoisotopic (exact) mass is 398 g/mol. The quantitative estimate of drug-likeness (QED) is 0.554. The average Bonchev–Trinajstić information content (AvgIpc) is 3.07. The van der Waals surface area contributed by atoms with E-state index < -0.39 is 11.9 Å². The number of pyridine rings is 1. The lowest BCUT2D eigenvalue weighted by atomic mass is 10.1. The molecule has 0 aliphatic heterocycles. The molecule has 0 bridgehead atoms. The summed E-state index contributed by atoms with van der Waals surface area (Å²) in [5.41, 5.74) is 0.0722. The number of halogens is 3. The summed E-state index contributed by atoms with van der Waals surface area (Å²) < 4.78 is 43.1. The molecule has 148 valence electrons. The number of fused-ring (bicyclic) bond motifs is 3. The van der Waals surface area contributed by atoms with Gasteiger partial charge in [0.15, 0.2) is 5.69 Å². The first-order valence-electron chi connectivity index (χ1n) is 9.02. The van der Waals surface area contributed by atoms with Gasteiger partial charge >= 0.3 is 6.18 Å². The average molecular weight is 398 g/mol. The van der Waals surface area contributed by atoms with Crippen molar-refractivity contribution in [3.05, 3.63) is 60.3 Å². The van der Waals surface area contributed by atoms with Gasteiger partial charge in [0.2, 0.25) is 5.91 Å². The van der Waals surface area contributed by atoms with Crippen molar-refractivity contribution in [3.8, 4) is 11.4 Å². The molecule has 29 heavy (non-hydrogen) atoms. The topological polar surface area (TPSA) is 59.8 Å². The summed E-state index contributed by atoms with van der Waals surface area (Å²) in [7, 11) is 0. The second-order valence-corrected chi connectivity index (χ2v) is 6.61. The van der Waals surface area contributed by atoms with Gasteiger partial charge in [0.25, 0.3) is 0 Å². The number of carbonyl (C=O) groups is 1.